The van der Waals surface area contributed by atoms with Crippen molar-refractivity contribution in [2.45, 2.75) is 5.92 Å². The lowest BCUT2D eigenvalue weighted by molar-refractivity contribution is -0.139. The molecule has 6 nitrogen and oxygen atoms in total. The average molecular weight is 339 g/mol. The second kappa shape index (κ2) is 6.76. The van der Waals surface area contributed by atoms with Gasteiger partial charge in [-0.05, 0) is 17.7 Å². The highest BCUT2D eigenvalue weighted by molar-refractivity contribution is 6.43. The number of hydrogen-bond acceptors (Lipinski definition) is 5. The van der Waals surface area contributed by atoms with Crippen molar-refractivity contribution in [1.82, 2.24) is 4.90 Å². The standard InChI is InChI=1S/C19H17NO5/c1-24-14-8-13(9-15(10-14)25-2)18(22)20-11-16(17(21)19(20)23)12-6-4-3-5-7-12/h3-10,16H,11H2,1-2H3/t16-/m0/s1. The van der Waals surface area contributed by atoms with E-state index in [1.54, 1.807) is 30.3 Å². The van der Waals surface area contributed by atoms with Crippen LogP contribution in [-0.4, -0.2) is 43.3 Å². The quantitative estimate of drug-likeness (QED) is 0.630. The monoisotopic (exact) mass is 339 g/mol. The number of hydrogen-bond donors (Lipinski definition) is 0. The number of amides is 2. The lowest BCUT2D eigenvalue weighted by Gasteiger charge is -2.15. The third-order valence-corrected chi connectivity index (χ3v) is 4.18. The fraction of sp³-hybridized carbons (Fsp3) is 0.211. The van der Waals surface area contributed by atoms with Gasteiger partial charge in [0, 0.05) is 18.2 Å². The number of rotatable bonds is 4. The van der Waals surface area contributed by atoms with Gasteiger partial charge in [0.15, 0.2) is 0 Å². The van der Waals surface area contributed by atoms with Crippen molar-refractivity contribution in [2.75, 3.05) is 20.8 Å². The Morgan fingerprint density at radius 1 is 1.00 bits per heavy atom. The van der Waals surface area contributed by atoms with Gasteiger partial charge in [-0.2, -0.15) is 0 Å². The van der Waals surface area contributed by atoms with Crippen LogP contribution in [0.15, 0.2) is 48.5 Å². The smallest absolute Gasteiger partial charge is 0.297 e. The predicted molar refractivity (Wildman–Crippen MR) is 89.8 cm³/mol. The van der Waals surface area contributed by atoms with Crippen molar-refractivity contribution in [1.29, 1.82) is 0 Å². The summed E-state index contributed by atoms with van der Waals surface area (Å²) in [6, 6.07) is 13.6. The molecular formula is C19H17NO5. The number of benzene rings is 2. The Balaban J connectivity index is 1.90. The first kappa shape index (κ1) is 16.7. The SMILES string of the molecule is COc1cc(OC)cc(C(=O)N2C[C@@H](c3ccccc3)C(=O)C2=O)c1. The van der Waals surface area contributed by atoms with Crippen molar-refractivity contribution in [3.05, 3.63) is 59.7 Å². The fourth-order valence-corrected chi connectivity index (χ4v) is 2.83. The first-order valence-corrected chi connectivity index (χ1v) is 7.73. The minimum Gasteiger partial charge on any atom is -0.497 e. The topological polar surface area (TPSA) is 72.9 Å². The highest BCUT2D eigenvalue weighted by Crippen LogP contribution is 2.28. The molecule has 25 heavy (non-hydrogen) atoms. The van der Waals surface area contributed by atoms with Gasteiger partial charge in [-0.15, -0.1) is 0 Å². The molecule has 0 unspecified atom stereocenters. The minimum absolute atomic E-state index is 0.0278. The molecule has 0 aliphatic carbocycles. The molecule has 1 aliphatic heterocycles. The number of methoxy groups -OCH3 is 2. The number of carbonyl (C=O) groups excluding carboxylic acids is 3. The Morgan fingerprint density at radius 3 is 2.16 bits per heavy atom. The highest BCUT2D eigenvalue weighted by Gasteiger charge is 2.43. The Hall–Kier alpha value is -3.15. The summed E-state index contributed by atoms with van der Waals surface area (Å²) in [6.45, 7) is 0.0278. The van der Waals surface area contributed by atoms with Gasteiger partial charge in [0.2, 0.25) is 5.78 Å². The van der Waals surface area contributed by atoms with Crippen LogP contribution in [0.3, 0.4) is 0 Å². The van der Waals surface area contributed by atoms with Gasteiger partial charge in [-0.1, -0.05) is 30.3 Å². The van der Waals surface area contributed by atoms with Gasteiger partial charge in [-0.25, -0.2) is 0 Å². The molecule has 1 heterocycles. The van der Waals surface area contributed by atoms with Gasteiger partial charge in [0.25, 0.3) is 11.8 Å². The van der Waals surface area contributed by atoms with E-state index in [0.717, 1.165) is 10.5 Å². The Labute approximate surface area is 145 Å². The van der Waals surface area contributed by atoms with E-state index in [-0.39, 0.29) is 12.1 Å². The molecular weight excluding hydrogens is 322 g/mol. The molecule has 128 valence electrons. The molecule has 1 aliphatic rings. The zero-order valence-corrected chi connectivity index (χ0v) is 13.9. The lowest BCUT2D eigenvalue weighted by Crippen LogP contribution is -2.33. The molecule has 1 saturated heterocycles. The second-order valence-electron chi connectivity index (χ2n) is 5.65. The van der Waals surface area contributed by atoms with E-state index in [9.17, 15) is 14.4 Å². The number of likely N-dealkylation sites (tertiary alicyclic amines) is 1. The van der Waals surface area contributed by atoms with Crippen LogP contribution < -0.4 is 9.47 Å². The Kier molecular flexibility index (Phi) is 4.52. The maximum atomic E-state index is 12.8. The van der Waals surface area contributed by atoms with E-state index in [2.05, 4.69) is 0 Å². The van der Waals surface area contributed by atoms with Crippen LogP contribution in [0.4, 0.5) is 0 Å². The van der Waals surface area contributed by atoms with Crippen LogP contribution in [-0.2, 0) is 9.59 Å². The highest BCUT2D eigenvalue weighted by atomic mass is 16.5. The van der Waals surface area contributed by atoms with Crippen LogP contribution >= 0.6 is 0 Å². The van der Waals surface area contributed by atoms with E-state index >= 15 is 0 Å². The summed E-state index contributed by atoms with van der Waals surface area (Å²) < 4.78 is 10.3. The molecule has 0 bridgehead atoms. The van der Waals surface area contributed by atoms with Gasteiger partial charge in [0.05, 0.1) is 20.1 Å². The first-order valence-electron chi connectivity index (χ1n) is 7.73. The summed E-state index contributed by atoms with van der Waals surface area (Å²) in [5.74, 6) is -1.69. The number of nitrogens with zero attached hydrogens (tertiary/aromatic N) is 1. The van der Waals surface area contributed by atoms with Gasteiger partial charge in [-0.3, -0.25) is 19.3 Å². The molecule has 2 aromatic carbocycles. The molecule has 0 aromatic heterocycles. The minimum atomic E-state index is -0.791. The van der Waals surface area contributed by atoms with E-state index in [1.165, 1.54) is 26.4 Å². The number of imide groups is 1. The lowest BCUT2D eigenvalue weighted by atomic mass is 9.97. The van der Waals surface area contributed by atoms with Crippen molar-refractivity contribution < 1.29 is 23.9 Å². The van der Waals surface area contributed by atoms with Crippen LogP contribution in [0, 0.1) is 0 Å². The van der Waals surface area contributed by atoms with Gasteiger partial charge >= 0.3 is 0 Å². The molecule has 0 radical (unpaired) electrons. The van der Waals surface area contributed by atoms with Crippen molar-refractivity contribution in [2.24, 2.45) is 0 Å². The normalized spacial score (nSPS) is 16.9. The van der Waals surface area contributed by atoms with E-state index in [0.29, 0.717) is 11.5 Å². The number of carbonyl (C=O) groups is 3. The summed E-state index contributed by atoms with van der Waals surface area (Å²) in [4.78, 5) is 38.3. The maximum Gasteiger partial charge on any atom is 0.297 e. The molecule has 0 N–H and O–H groups in total. The number of ketones is 1. The molecule has 2 aromatic rings. The third-order valence-electron chi connectivity index (χ3n) is 4.18. The summed E-state index contributed by atoms with van der Waals surface area (Å²) in [5, 5.41) is 0. The molecule has 3 rings (SSSR count). The van der Waals surface area contributed by atoms with Crippen molar-refractivity contribution >= 4 is 17.6 Å². The van der Waals surface area contributed by atoms with Gasteiger partial charge < -0.3 is 9.47 Å². The van der Waals surface area contributed by atoms with Crippen LogP contribution in [0.5, 0.6) is 11.5 Å². The summed E-state index contributed by atoms with van der Waals surface area (Å²) >= 11 is 0. The zero-order chi connectivity index (χ0) is 18.0. The number of Topliss-reactive ketones (excluding diaryl/α,β-unsaturated/α-hetero) is 1. The first-order chi connectivity index (χ1) is 12.0. The van der Waals surface area contributed by atoms with E-state index in [4.69, 9.17) is 9.47 Å². The zero-order valence-electron chi connectivity index (χ0n) is 13.9. The average Bonchev–Trinajstić information content (AvgIpc) is 2.96. The summed E-state index contributed by atoms with van der Waals surface area (Å²) in [7, 11) is 2.94. The molecule has 1 fully saturated rings. The Morgan fingerprint density at radius 2 is 1.60 bits per heavy atom. The second-order valence-corrected chi connectivity index (χ2v) is 5.65. The maximum absolute atomic E-state index is 12.8. The molecule has 0 spiro atoms. The fourth-order valence-electron chi connectivity index (χ4n) is 2.83. The van der Waals surface area contributed by atoms with Crippen LogP contribution in [0.2, 0.25) is 0 Å². The molecule has 2 amide bonds. The van der Waals surface area contributed by atoms with E-state index in [1.807, 2.05) is 6.07 Å². The molecule has 1 atom stereocenters. The van der Waals surface area contributed by atoms with E-state index < -0.39 is 23.5 Å². The molecule has 0 saturated carbocycles. The Bertz CT molecular complexity index is 809. The predicted octanol–water partition coefficient (Wildman–Crippen LogP) is 2.04. The summed E-state index contributed by atoms with van der Waals surface area (Å²) in [5.41, 5.74) is 0.949. The van der Waals surface area contributed by atoms with Crippen LogP contribution in [0.1, 0.15) is 21.8 Å². The van der Waals surface area contributed by atoms with Gasteiger partial charge in [0.1, 0.15) is 11.5 Å². The third kappa shape index (κ3) is 3.10. The summed E-state index contributed by atoms with van der Waals surface area (Å²) in [6.07, 6.45) is 0. The number of ether oxygens (including phenoxy) is 2. The van der Waals surface area contributed by atoms with Crippen molar-refractivity contribution in [3.63, 3.8) is 0 Å². The largest absolute Gasteiger partial charge is 0.497 e. The molecule has 6 heteroatoms. The van der Waals surface area contributed by atoms with Crippen LogP contribution in [0.25, 0.3) is 0 Å². The van der Waals surface area contributed by atoms with Crippen molar-refractivity contribution in [3.8, 4) is 11.5 Å².